The summed E-state index contributed by atoms with van der Waals surface area (Å²) in [6, 6.07) is 5.80. The highest BCUT2D eigenvalue weighted by Gasteiger charge is 2.09. The smallest absolute Gasteiger partial charge is 0.127 e. The van der Waals surface area contributed by atoms with Crippen LogP contribution in [0.5, 0.6) is 5.75 Å². The fourth-order valence-corrected chi connectivity index (χ4v) is 1.85. The lowest BCUT2D eigenvalue weighted by Crippen LogP contribution is -1.80. The molecule has 2 nitrogen and oxygen atoms in total. The second kappa shape index (κ2) is 3.36. The number of aromatic nitrogens is 1. The number of thiazole rings is 1. The van der Waals surface area contributed by atoms with Gasteiger partial charge in [-0.05, 0) is 18.2 Å². The van der Waals surface area contributed by atoms with Gasteiger partial charge in [-0.1, -0.05) is 11.6 Å². The van der Waals surface area contributed by atoms with Crippen LogP contribution in [0.25, 0.3) is 11.3 Å². The molecule has 0 amide bonds. The first kappa shape index (κ1) is 8.53. The van der Waals surface area contributed by atoms with Crippen molar-refractivity contribution in [2.24, 2.45) is 0 Å². The summed E-state index contributed by atoms with van der Waals surface area (Å²) in [5.41, 5.74) is 2.96. The molecule has 13 heavy (non-hydrogen) atoms. The van der Waals surface area contributed by atoms with Crippen LogP contribution >= 0.6 is 22.9 Å². The molecule has 0 fully saturated rings. The van der Waals surface area contributed by atoms with Crippen LogP contribution in [0.3, 0.4) is 0 Å². The van der Waals surface area contributed by atoms with E-state index in [9.17, 15) is 5.11 Å². The number of phenols is 1. The molecule has 1 aromatic carbocycles. The maximum Gasteiger partial charge on any atom is 0.127 e. The minimum atomic E-state index is 0.110. The zero-order valence-electron chi connectivity index (χ0n) is 6.49. The molecule has 1 aromatic heterocycles. The summed E-state index contributed by atoms with van der Waals surface area (Å²) in [6.07, 6.45) is 0. The predicted octanol–water partition coefficient (Wildman–Crippen LogP) is 2.97. The summed E-state index contributed by atoms with van der Waals surface area (Å²) in [6.45, 7) is 0. The second-order valence-corrected chi connectivity index (χ2v) is 3.56. The molecule has 1 heterocycles. The maximum absolute atomic E-state index is 9.51. The van der Waals surface area contributed by atoms with Gasteiger partial charge in [0.15, 0.2) is 0 Å². The first-order valence-electron chi connectivity index (χ1n) is 3.56. The number of aromatic hydroxyl groups is 1. The quantitative estimate of drug-likeness (QED) is 0.785. The van der Waals surface area contributed by atoms with Crippen LogP contribution in [0.4, 0.5) is 0 Å². The third kappa shape index (κ3) is 1.53. The van der Waals surface area contributed by atoms with Crippen molar-refractivity contribution in [2.75, 3.05) is 0 Å². The molecule has 2 aromatic rings. The molecule has 0 saturated carbocycles. The van der Waals surface area contributed by atoms with Crippen LogP contribution in [-0.2, 0) is 0 Å². The van der Waals surface area contributed by atoms with Crippen molar-refractivity contribution < 1.29 is 5.11 Å². The van der Waals surface area contributed by atoms with E-state index in [4.69, 9.17) is 11.6 Å². The third-order valence-corrected chi connectivity index (χ3v) is 2.50. The van der Waals surface area contributed by atoms with Crippen LogP contribution in [0.15, 0.2) is 23.0 Å². The van der Waals surface area contributed by atoms with Gasteiger partial charge in [-0.3, -0.25) is 0 Å². The van der Waals surface area contributed by atoms with Crippen LogP contribution < -0.4 is 0 Å². The summed E-state index contributed by atoms with van der Waals surface area (Å²) in [5.74, 6) is 0.110. The van der Waals surface area contributed by atoms with Gasteiger partial charge in [-0.2, -0.15) is 0 Å². The molecule has 4 heteroatoms. The van der Waals surface area contributed by atoms with Gasteiger partial charge >= 0.3 is 0 Å². The van der Waals surface area contributed by atoms with Gasteiger partial charge in [0.1, 0.15) is 5.75 Å². The number of benzene rings is 1. The summed E-state index contributed by atoms with van der Waals surface area (Å²) in [7, 11) is 0. The Morgan fingerprint density at radius 2 is 2.31 bits per heavy atom. The Bertz CT molecular complexity index is 393. The molecule has 0 bridgehead atoms. The van der Waals surface area contributed by atoms with Gasteiger partial charge in [0.05, 0.1) is 21.8 Å². The summed E-state index contributed by atoms with van der Waals surface area (Å²) in [4.78, 5) is 4.07. The van der Waals surface area contributed by atoms with Crippen molar-refractivity contribution in [1.82, 2.24) is 4.98 Å². The van der Waals surface area contributed by atoms with Gasteiger partial charge in [0.2, 0.25) is 0 Å². The van der Waals surface area contributed by atoms with E-state index in [1.807, 2.05) is 5.38 Å². The van der Waals surface area contributed by atoms with E-state index in [0.29, 0.717) is 16.3 Å². The Kier molecular flexibility index (Phi) is 2.20. The molecule has 0 aliphatic heterocycles. The van der Waals surface area contributed by atoms with Crippen molar-refractivity contribution in [2.45, 2.75) is 0 Å². The molecule has 0 unspecified atom stereocenters. The predicted molar refractivity (Wildman–Crippen MR) is 53.1 cm³/mol. The molecule has 1 N–H and O–H groups in total. The molecule has 0 aliphatic rings. The van der Waals surface area contributed by atoms with Gasteiger partial charge in [-0.15, -0.1) is 11.3 Å². The average molecular weight is 211 g/mol. The molecule has 0 atom stereocenters. The largest absolute Gasteiger partial charge is 0.507 e. The second-order valence-electron chi connectivity index (χ2n) is 2.44. The highest BCUT2D eigenvalue weighted by atomic mass is 35.5. The Morgan fingerprint density at radius 3 is 2.92 bits per heavy atom. The first-order chi connectivity index (χ1) is 6.29. The number of rotatable bonds is 1. The lowest BCUT2D eigenvalue weighted by Gasteiger charge is -2.02. The van der Waals surface area contributed by atoms with Crippen LogP contribution in [0.2, 0.25) is 5.02 Å². The van der Waals surface area contributed by atoms with E-state index in [1.165, 1.54) is 17.4 Å². The topological polar surface area (TPSA) is 33.1 Å². The number of hydrogen-bond donors (Lipinski definition) is 1. The lowest BCUT2D eigenvalue weighted by atomic mass is 10.1. The van der Waals surface area contributed by atoms with E-state index in [-0.39, 0.29) is 5.75 Å². The number of nitrogens with zero attached hydrogens (tertiary/aromatic N) is 1. The Balaban J connectivity index is 2.64. The summed E-state index contributed by atoms with van der Waals surface area (Å²) in [5, 5.41) is 11.8. The molecule has 0 spiro atoms. The highest BCUT2D eigenvalue weighted by molar-refractivity contribution is 7.07. The minimum absolute atomic E-state index is 0.110. The lowest BCUT2D eigenvalue weighted by molar-refractivity contribution is 0.477. The normalized spacial score (nSPS) is 10.2. The third-order valence-electron chi connectivity index (χ3n) is 1.61. The van der Waals surface area contributed by atoms with Gasteiger partial charge in [0.25, 0.3) is 0 Å². The maximum atomic E-state index is 9.51. The molecule has 65 valence electrons. The van der Waals surface area contributed by atoms with Crippen LogP contribution in [0, 0.1) is 6.07 Å². The molecular weight excluding hydrogens is 206 g/mol. The molecule has 2 rings (SSSR count). The van der Waals surface area contributed by atoms with E-state index in [1.54, 1.807) is 11.6 Å². The van der Waals surface area contributed by atoms with E-state index < -0.39 is 0 Å². The average Bonchev–Trinajstić information content (AvgIpc) is 2.57. The van der Waals surface area contributed by atoms with Crippen molar-refractivity contribution in [1.29, 1.82) is 0 Å². The van der Waals surface area contributed by atoms with Gasteiger partial charge < -0.3 is 5.11 Å². The fourth-order valence-electron chi connectivity index (χ4n) is 1.05. The zero-order valence-corrected chi connectivity index (χ0v) is 8.06. The Labute approximate surface area is 84.4 Å². The monoisotopic (exact) mass is 210 g/mol. The molecular formula is C9H5ClNOS. The fraction of sp³-hybridized carbons (Fsp3) is 0. The standard InChI is InChI=1S/C9H5ClNOS/c10-6-2-1-3-8(12)9(6)7-4-13-5-11-7/h2-5,12H. The SMILES string of the molecule is Oc1c[c]cc(Cl)c1-c1cscn1. The van der Waals surface area contributed by atoms with Crippen LogP contribution in [0.1, 0.15) is 0 Å². The Hall–Kier alpha value is -1.06. The first-order valence-corrected chi connectivity index (χ1v) is 4.88. The molecule has 0 saturated heterocycles. The Morgan fingerprint density at radius 1 is 1.46 bits per heavy atom. The van der Waals surface area contributed by atoms with E-state index in [2.05, 4.69) is 11.1 Å². The molecule has 0 aliphatic carbocycles. The van der Waals surface area contributed by atoms with Crippen molar-refractivity contribution in [3.05, 3.63) is 34.1 Å². The highest BCUT2D eigenvalue weighted by Crippen LogP contribution is 2.34. The van der Waals surface area contributed by atoms with E-state index in [0.717, 1.165) is 0 Å². The summed E-state index contributed by atoms with van der Waals surface area (Å²) < 4.78 is 0. The van der Waals surface area contributed by atoms with Gasteiger partial charge in [-0.25, -0.2) is 4.98 Å². The van der Waals surface area contributed by atoms with Crippen molar-refractivity contribution >= 4 is 22.9 Å². The number of phenolic OH excluding ortho intramolecular Hbond substituents is 1. The van der Waals surface area contributed by atoms with Crippen molar-refractivity contribution in [3.63, 3.8) is 0 Å². The van der Waals surface area contributed by atoms with Crippen LogP contribution in [-0.4, -0.2) is 10.1 Å². The van der Waals surface area contributed by atoms with E-state index >= 15 is 0 Å². The number of hydrogen-bond acceptors (Lipinski definition) is 3. The number of halogens is 1. The van der Waals surface area contributed by atoms with Crippen molar-refractivity contribution in [3.8, 4) is 17.0 Å². The minimum Gasteiger partial charge on any atom is -0.507 e. The molecule has 1 radical (unpaired) electrons. The zero-order chi connectivity index (χ0) is 9.26. The summed E-state index contributed by atoms with van der Waals surface area (Å²) >= 11 is 7.36. The van der Waals surface area contributed by atoms with Gasteiger partial charge in [0, 0.05) is 5.38 Å².